The number of aliphatic hydroxyl groups is 1. The zero-order chi connectivity index (χ0) is 16.3. The first kappa shape index (κ1) is 16.9. The summed E-state index contributed by atoms with van der Waals surface area (Å²) < 4.78 is 0. The molecule has 1 N–H and O–H groups in total. The van der Waals surface area contributed by atoms with Crippen LogP contribution in [0.15, 0.2) is 30.6 Å². The number of hydrogen-bond donors (Lipinski definition) is 1. The number of halogens is 2. The molecular weight excluding hydrogens is 323 g/mol. The average Bonchev–Trinajstić information content (AvgIpc) is 2.49. The van der Waals surface area contributed by atoms with Crippen molar-refractivity contribution >= 4 is 29.0 Å². The molecule has 6 heteroatoms. The van der Waals surface area contributed by atoms with Gasteiger partial charge in [0.05, 0.1) is 15.6 Å². The second kappa shape index (κ2) is 6.73. The van der Waals surface area contributed by atoms with E-state index in [2.05, 4.69) is 23.8 Å². The minimum absolute atomic E-state index is 0.239. The summed E-state index contributed by atoms with van der Waals surface area (Å²) in [7, 11) is 0. The number of rotatable bonds is 5. The number of nitrogens with zero attached hydrogens (tertiary/aromatic N) is 2. The number of hydrogen-bond acceptors (Lipinski definition) is 4. The van der Waals surface area contributed by atoms with Crippen molar-refractivity contribution in [2.45, 2.75) is 25.7 Å². The fraction of sp³-hybridized carbons (Fsp3) is 0.312. The second-order valence-electron chi connectivity index (χ2n) is 5.66. The van der Waals surface area contributed by atoms with Crippen molar-refractivity contribution in [1.29, 1.82) is 0 Å². The van der Waals surface area contributed by atoms with E-state index in [0.717, 1.165) is 5.56 Å². The molecule has 116 valence electrons. The molecular formula is C16H16Cl2N2O2. The second-order valence-corrected chi connectivity index (χ2v) is 6.47. The molecule has 0 radical (unpaired) electrons. The summed E-state index contributed by atoms with van der Waals surface area (Å²) in [5, 5.41) is 9.84. The number of aliphatic hydroxyl groups excluding tert-OH is 1. The quantitative estimate of drug-likeness (QED) is 0.847. The predicted octanol–water partition coefficient (Wildman–Crippen LogP) is 3.48. The van der Waals surface area contributed by atoms with E-state index in [-0.39, 0.29) is 5.41 Å². The van der Waals surface area contributed by atoms with Crippen LogP contribution in [0, 0.1) is 0 Å². The summed E-state index contributed by atoms with van der Waals surface area (Å²) in [6, 6.07) is 5.54. The molecule has 0 aliphatic heterocycles. The largest absolute Gasteiger partial charge is 0.388 e. The highest BCUT2D eigenvalue weighted by Gasteiger charge is 2.23. The van der Waals surface area contributed by atoms with Crippen molar-refractivity contribution in [3.05, 3.63) is 57.6 Å². The number of carbonyl (C=O) groups is 1. The van der Waals surface area contributed by atoms with Gasteiger partial charge in [-0.2, -0.15) is 0 Å². The fourth-order valence-electron chi connectivity index (χ4n) is 2.10. The van der Waals surface area contributed by atoms with Crippen LogP contribution in [0.1, 0.15) is 35.6 Å². The molecule has 0 spiro atoms. The van der Waals surface area contributed by atoms with Crippen molar-refractivity contribution in [3.8, 4) is 0 Å². The molecule has 0 bridgehead atoms. The van der Waals surface area contributed by atoms with E-state index in [0.29, 0.717) is 27.9 Å². The van der Waals surface area contributed by atoms with Crippen molar-refractivity contribution in [3.63, 3.8) is 0 Å². The number of aromatic nitrogens is 2. The van der Waals surface area contributed by atoms with Crippen LogP contribution in [0.5, 0.6) is 0 Å². The minimum atomic E-state index is -0.544. The molecule has 0 aliphatic carbocycles. The number of Topliss-reactive ketones (excluding diaryl/α,β-unsaturated/α-hetero) is 1. The number of carbonyl (C=O) groups excluding carboxylic acids is 1. The molecule has 0 atom stereocenters. The van der Waals surface area contributed by atoms with Gasteiger partial charge in [0.25, 0.3) is 0 Å². The van der Waals surface area contributed by atoms with E-state index in [9.17, 15) is 4.79 Å². The van der Waals surface area contributed by atoms with Crippen molar-refractivity contribution in [1.82, 2.24) is 9.97 Å². The highest BCUT2D eigenvalue weighted by Crippen LogP contribution is 2.31. The fourth-order valence-corrected chi connectivity index (χ4v) is 2.39. The van der Waals surface area contributed by atoms with Crippen LogP contribution in [0.3, 0.4) is 0 Å². The molecule has 0 saturated carbocycles. The summed E-state index contributed by atoms with van der Waals surface area (Å²) in [6.07, 6.45) is 3.45. The Hall–Kier alpha value is -1.49. The molecule has 0 aliphatic rings. The average molecular weight is 339 g/mol. The van der Waals surface area contributed by atoms with E-state index in [1.165, 1.54) is 12.4 Å². The molecule has 0 amide bonds. The van der Waals surface area contributed by atoms with Gasteiger partial charge < -0.3 is 5.11 Å². The zero-order valence-corrected chi connectivity index (χ0v) is 13.8. The third-order valence-electron chi connectivity index (χ3n) is 3.47. The lowest BCUT2D eigenvalue weighted by atomic mass is 9.81. The maximum atomic E-state index is 11.3. The van der Waals surface area contributed by atoms with Crippen LogP contribution in [-0.2, 0) is 11.8 Å². The Bertz CT molecular complexity index is 685. The lowest BCUT2D eigenvalue weighted by Gasteiger charge is -2.25. The lowest BCUT2D eigenvalue weighted by molar-refractivity contribution is 0.0903. The molecule has 22 heavy (non-hydrogen) atoms. The summed E-state index contributed by atoms with van der Waals surface area (Å²) in [4.78, 5) is 19.7. The first-order valence-electron chi connectivity index (χ1n) is 6.74. The van der Waals surface area contributed by atoms with Gasteiger partial charge in [0.1, 0.15) is 12.4 Å². The van der Waals surface area contributed by atoms with Crippen LogP contribution in [0.2, 0.25) is 10.0 Å². The molecule has 2 aromatic rings. The van der Waals surface area contributed by atoms with E-state index in [4.69, 9.17) is 28.3 Å². The van der Waals surface area contributed by atoms with Gasteiger partial charge in [-0.1, -0.05) is 43.1 Å². The van der Waals surface area contributed by atoms with Gasteiger partial charge in [-0.15, -0.1) is 0 Å². The first-order chi connectivity index (χ1) is 10.3. The third-order valence-corrected chi connectivity index (χ3v) is 4.21. The van der Waals surface area contributed by atoms with Crippen LogP contribution in [-0.4, -0.2) is 27.5 Å². The monoisotopic (exact) mass is 338 g/mol. The number of ketones is 1. The standard InChI is InChI=1S/C16H16Cl2N2O2/c1-16(2,11-3-4-12(17)13(18)5-11)6-15-19-7-10(8-20-15)14(22)9-21/h3-5,7-8,21H,6,9H2,1-2H3. The van der Waals surface area contributed by atoms with Crippen LogP contribution in [0.25, 0.3) is 0 Å². The summed E-state index contributed by atoms with van der Waals surface area (Å²) >= 11 is 12.0. The number of benzene rings is 1. The molecule has 2 rings (SSSR count). The Labute approximate surface area is 139 Å². The highest BCUT2D eigenvalue weighted by molar-refractivity contribution is 6.42. The third kappa shape index (κ3) is 3.83. The molecule has 1 heterocycles. The predicted molar refractivity (Wildman–Crippen MR) is 86.6 cm³/mol. The van der Waals surface area contributed by atoms with Gasteiger partial charge in [-0.3, -0.25) is 4.79 Å². The van der Waals surface area contributed by atoms with Crippen molar-refractivity contribution in [2.75, 3.05) is 6.61 Å². The van der Waals surface area contributed by atoms with Crippen LogP contribution in [0.4, 0.5) is 0 Å². The van der Waals surface area contributed by atoms with E-state index >= 15 is 0 Å². The highest BCUT2D eigenvalue weighted by atomic mass is 35.5. The SMILES string of the molecule is CC(C)(Cc1ncc(C(=O)CO)cn1)c1ccc(Cl)c(Cl)c1. The van der Waals surface area contributed by atoms with Gasteiger partial charge in [-0.25, -0.2) is 9.97 Å². The van der Waals surface area contributed by atoms with Gasteiger partial charge in [0, 0.05) is 18.8 Å². The van der Waals surface area contributed by atoms with Crippen LogP contribution >= 0.6 is 23.2 Å². The summed E-state index contributed by atoms with van der Waals surface area (Å²) in [5.74, 6) is 0.223. The van der Waals surface area contributed by atoms with Crippen molar-refractivity contribution < 1.29 is 9.90 Å². The summed E-state index contributed by atoms with van der Waals surface area (Å²) in [6.45, 7) is 3.57. The maximum absolute atomic E-state index is 11.3. The van der Waals surface area contributed by atoms with Gasteiger partial charge in [0.2, 0.25) is 0 Å². The van der Waals surface area contributed by atoms with Gasteiger partial charge in [-0.05, 0) is 23.1 Å². The summed E-state index contributed by atoms with van der Waals surface area (Å²) in [5.41, 5.74) is 1.09. The molecule has 0 fully saturated rings. The minimum Gasteiger partial charge on any atom is -0.388 e. The topological polar surface area (TPSA) is 63.1 Å². The van der Waals surface area contributed by atoms with Crippen molar-refractivity contribution in [2.24, 2.45) is 0 Å². The van der Waals surface area contributed by atoms with E-state index in [1.807, 2.05) is 12.1 Å². The van der Waals surface area contributed by atoms with E-state index in [1.54, 1.807) is 6.07 Å². The smallest absolute Gasteiger partial charge is 0.191 e. The van der Waals surface area contributed by atoms with Crippen LogP contribution < -0.4 is 0 Å². The van der Waals surface area contributed by atoms with Gasteiger partial charge >= 0.3 is 0 Å². The lowest BCUT2D eigenvalue weighted by Crippen LogP contribution is -2.22. The Morgan fingerprint density at radius 1 is 1.18 bits per heavy atom. The Balaban J connectivity index is 2.20. The maximum Gasteiger partial charge on any atom is 0.191 e. The molecule has 1 aromatic carbocycles. The van der Waals surface area contributed by atoms with E-state index < -0.39 is 12.4 Å². The Morgan fingerprint density at radius 2 is 1.82 bits per heavy atom. The normalized spacial score (nSPS) is 11.5. The first-order valence-corrected chi connectivity index (χ1v) is 7.49. The molecule has 0 unspecified atom stereocenters. The zero-order valence-electron chi connectivity index (χ0n) is 12.3. The van der Waals surface area contributed by atoms with Gasteiger partial charge in [0.15, 0.2) is 5.78 Å². The Kier molecular flexibility index (Phi) is 5.16. The molecule has 1 aromatic heterocycles. The Morgan fingerprint density at radius 3 is 2.36 bits per heavy atom. The molecule has 4 nitrogen and oxygen atoms in total. The molecule has 0 saturated heterocycles.